The van der Waals surface area contributed by atoms with Gasteiger partial charge >= 0.3 is 0 Å². The number of thiocarbonyl (C=S) groups is 1. The van der Waals surface area contributed by atoms with E-state index in [0.717, 1.165) is 19.3 Å². The Morgan fingerprint density at radius 2 is 2.05 bits per heavy atom. The van der Waals surface area contributed by atoms with Crippen LogP contribution in [0.15, 0.2) is 24.3 Å². The van der Waals surface area contributed by atoms with E-state index >= 15 is 0 Å². The quantitative estimate of drug-likeness (QED) is 0.540. The molecule has 0 radical (unpaired) electrons. The molecule has 0 heterocycles. The number of sulfonamides is 1. The summed E-state index contributed by atoms with van der Waals surface area (Å²) in [5, 5.41) is 0. The van der Waals surface area contributed by atoms with Crippen molar-refractivity contribution >= 4 is 27.2 Å². The summed E-state index contributed by atoms with van der Waals surface area (Å²) in [4.78, 5) is 0.274. The number of hydrogen-bond acceptors (Lipinski definition) is 3. The van der Waals surface area contributed by atoms with Crippen molar-refractivity contribution in [2.75, 3.05) is 6.54 Å². The lowest BCUT2D eigenvalue weighted by molar-refractivity contribution is 0.530. The Labute approximate surface area is 133 Å². The highest BCUT2D eigenvalue weighted by Gasteiger charge is 2.11. The van der Waals surface area contributed by atoms with Crippen molar-refractivity contribution in [2.24, 2.45) is 11.7 Å². The first kappa shape index (κ1) is 18.1. The minimum absolute atomic E-state index is 0.0480. The van der Waals surface area contributed by atoms with Crippen LogP contribution in [-0.2, 0) is 15.8 Å². The fourth-order valence-corrected chi connectivity index (χ4v) is 3.29. The summed E-state index contributed by atoms with van der Waals surface area (Å²) in [7, 11) is -3.31. The molecule has 0 aliphatic heterocycles. The summed E-state index contributed by atoms with van der Waals surface area (Å²) in [5.41, 5.74) is 6.93. The monoisotopic (exact) mass is 328 g/mol. The number of nitrogens with one attached hydrogen (secondary N) is 1. The van der Waals surface area contributed by atoms with E-state index in [-0.39, 0.29) is 10.7 Å². The predicted octanol–water partition coefficient (Wildman–Crippen LogP) is 2.57. The van der Waals surface area contributed by atoms with Gasteiger partial charge in [-0.25, -0.2) is 13.1 Å². The molecule has 0 fully saturated rings. The molecule has 6 heteroatoms. The topological polar surface area (TPSA) is 72.2 Å². The van der Waals surface area contributed by atoms with Gasteiger partial charge in [0.05, 0.1) is 5.75 Å². The molecule has 0 unspecified atom stereocenters. The average molecular weight is 329 g/mol. The molecule has 0 amide bonds. The number of nitrogens with two attached hydrogens (primary N) is 1. The fraction of sp³-hybridized carbons (Fsp3) is 0.533. The second-order valence-corrected chi connectivity index (χ2v) is 7.85. The van der Waals surface area contributed by atoms with Crippen LogP contribution in [0.2, 0.25) is 0 Å². The maximum Gasteiger partial charge on any atom is 0.215 e. The summed E-state index contributed by atoms with van der Waals surface area (Å²) in [6.07, 6.45) is 3.03. The van der Waals surface area contributed by atoms with Crippen molar-refractivity contribution in [3.63, 3.8) is 0 Å². The van der Waals surface area contributed by atoms with Gasteiger partial charge < -0.3 is 5.73 Å². The zero-order valence-corrected chi connectivity index (χ0v) is 14.3. The Morgan fingerprint density at radius 1 is 1.33 bits per heavy atom. The SMILES string of the molecule is CC(C)CCCCNS(=O)(=O)Cc1cccc(C(N)=S)c1. The third-order valence-corrected chi connectivity index (χ3v) is 4.69. The number of rotatable bonds is 9. The van der Waals surface area contributed by atoms with Gasteiger partial charge in [0, 0.05) is 12.1 Å². The van der Waals surface area contributed by atoms with E-state index < -0.39 is 10.0 Å². The second-order valence-electron chi connectivity index (χ2n) is 5.61. The van der Waals surface area contributed by atoms with E-state index in [2.05, 4.69) is 18.6 Å². The van der Waals surface area contributed by atoms with Crippen LogP contribution in [0.4, 0.5) is 0 Å². The Hall–Kier alpha value is -0.980. The van der Waals surface area contributed by atoms with Gasteiger partial charge in [-0.2, -0.15) is 0 Å². The molecule has 1 aromatic rings. The summed E-state index contributed by atoms with van der Waals surface area (Å²) >= 11 is 4.90. The normalized spacial score (nSPS) is 11.8. The molecule has 21 heavy (non-hydrogen) atoms. The first-order chi connectivity index (χ1) is 9.80. The van der Waals surface area contributed by atoms with Crippen molar-refractivity contribution in [2.45, 2.75) is 38.9 Å². The van der Waals surface area contributed by atoms with Crippen LogP contribution >= 0.6 is 12.2 Å². The molecule has 118 valence electrons. The van der Waals surface area contributed by atoms with E-state index in [1.807, 2.05) is 0 Å². The Morgan fingerprint density at radius 3 is 2.67 bits per heavy atom. The lowest BCUT2D eigenvalue weighted by atomic mass is 10.1. The molecule has 0 aromatic heterocycles. The van der Waals surface area contributed by atoms with Crippen LogP contribution in [0.3, 0.4) is 0 Å². The van der Waals surface area contributed by atoms with Gasteiger partial charge in [0.15, 0.2) is 0 Å². The number of benzene rings is 1. The van der Waals surface area contributed by atoms with Gasteiger partial charge in [-0.1, -0.05) is 57.1 Å². The molecule has 0 saturated carbocycles. The minimum atomic E-state index is -3.31. The molecule has 1 aromatic carbocycles. The third-order valence-electron chi connectivity index (χ3n) is 3.10. The Balaban J connectivity index is 2.49. The molecule has 0 spiro atoms. The third kappa shape index (κ3) is 7.55. The number of hydrogen-bond donors (Lipinski definition) is 2. The minimum Gasteiger partial charge on any atom is -0.389 e. The van der Waals surface area contributed by atoms with Crippen molar-refractivity contribution in [3.05, 3.63) is 35.4 Å². The second kappa shape index (κ2) is 8.46. The van der Waals surface area contributed by atoms with Crippen molar-refractivity contribution in [3.8, 4) is 0 Å². The highest BCUT2D eigenvalue weighted by molar-refractivity contribution is 7.88. The predicted molar refractivity (Wildman–Crippen MR) is 91.6 cm³/mol. The van der Waals surface area contributed by atoms with Crippen molar-refractivity contribution in [1.82, 2.24) is 4.72 Å². The molecule has 0 atom stereocenters. The summed E-state index contributed by atoms with van der Waals surface area (Å²) in [6, 6.07) is 7.03. The lowest BCUT2D eigenvalue weighted by Gasteiger charge is -2.08. The standard InChI is InChI=1S/C15H24N2O2S2/c1-12(2)6-3-4-9-17-21(18,19)11-13-7-5-8-14(10-13)15(16)20/h5,7-8,10,12,17H,3-4,6,9,11H2,1-2H3,(H2,16,20). The van der Waals surface area contributed by atoms with Crippen LogP contribution < -0.4 is 10.5 Å². The summed E-state index contributed by atoms with van der Waals surface area (Å²) in [6.45, 7) is 4.82. The van der Waals surface area contributed by atoms with E-state index in [1.165, 1.54) is 0 Å². The van der Waals surface area contributed by atoms with Crippen LogP contribution in [0.5, 0.6) is 0 Å². The lowest BCUT2D eigenvalue weighted by Crippen LogP contribution is -2.26. The van der Waals surface area contributed by atoms with Gasteiger partial charge in [-0.15, -0.1) is 0 Å². The van der Waals surface area contributed by atoms with Crippen molar-refractivity contribution < 1.29 is 8.42 Å². The zero-order valence-electron chi connectivity index (χ0n) is 12.6. The first-order valence-corrected chi connectivity index (χ1v) is 9.22. The maximum absolute atomic E-state index is 12.0. The van der Waals surface area contributed by atoms with E-state index in [0.29, 0.717) is 23.6 Å². The average Bonchev–Trinajstić information content (AvgIpc) is 2.37. The molecule has 0 bridgehead atoms. The Bertz CT molecular complexity index is 569. The number of unbranched alkanes of at least 4 members (excludes halogenated alkanes) is 1. The molecule has 0 aliphatic carbocycles. The molecule has 3 N–H and O–H groups in total. The molecule has 4 nitrogen and oxygen atoms in total. The Kier molecular flexibility index (Phi) is 7.28. The first-order valence-electron chi connectivity index (χ1n) is 7.16. The van der Waals surface area contributed by atoms with Gasteiger partial charge in [0.2, 0.25) is 10.0 Å². The van der Waals surface area contributed by atoms with E-state index in [9.17, 15) is 8.42 Å². The summed E-state index contributed by atoms with van der Waals surface area (Å²) < 4.78 is 26.6. The van der Waals surface area contributed by atoms with Gasteiger partial charge in [0.25, 0.3) is 0 Å². The molecule has 0 aliphatic rings. The van der Waals surface area contributed by atoms with Crippen LogP contribution in [-0.4, -0.2) is 20.0 Å². The highest BCUT2D eigenvalue weighted by atomic mass is 32.2. The molecular weight excluding hydrogens is 304 g/mol. The van der Waals surface area contributed by atoms with Gasteiger partial charge in [0.1, 0.15) is 4.99 Å². The maximum atomic E-state index is 12.0. The molecule has 1 rings (SSSR count). The van der Waals surface area contributed by atoms with Crippen molar-refractivity contribution in [1.29, 1.82) is 0 Å². The van der Waals surface area contributed by atoms with Crippen LogP contribution in [0, 0.1) is 5.92 Å². The largest absolute Gasteiger partial charge is 0.389 e. The zero-order chi connectivity index (χ0) is 15.9. The highest BCUT2D eigenvalue weighted by Crippen LogP contribution is 2.09. The molecule has 0 saturated heterocycles. The summed E-state index contributed by atoms with van der Waals surface area (Å²) in [5.74, 6) is 0.609. The fourth-order valence-electron chi connectivity index (χ4n) is 1.99. The van der Waals surface area contributed by atoms with Gasteiger partial charge in [-0.05, 0) is 24.0 Å². The smallest absolute Gasteiger partial charge is 0.215 e. The van der Waals surface area contributed by atoms with E-state index in [1.54, 1.807) is 24.3 Å². The molecular formula is C15H24N2O2S2. The van der Waals surface area contributed by atoms with Crippen LogP contribution in [0.25, 0.3) is 0 Å². The van der Waals surface area contributed by atoms with E-state index in [4.69, 9.17) is 18.0 Å². The van der Waals surface area contributed by atoms with Crippen LogP contribution in [0.1, 0.15) is 44.2 Å². The van der Waals surface area contributed by atoms with Gasteiger partial charge in [-0.3, -0.25) is 0 Å².